The minimum atomic E-state index is 0.0619. The normalized spacial score (nSPS) is 15.6. The van der Waals surface area contributed by atoms with Crippen LogP contribution in [0.2, 0.25) is 0 Å². The lowest BCUT2D eigenvalue weighted by Crippen LogP contribution is -2.53. The lowest BCUT2D eigenvalue weighted by Gasteiger charge is -2.39. The number of nitrogens with one attached hydrogen (secondary N) is 1. The van der Waals surface area contributed by atoms with Crippen molar-refractivity contribution in [1.82, 2.24) is 15.2 Å². The lowest BCUT2D eigenvalue weighted by molar-refractivity contribution is 0.150. The molecular weight excluding hydrogens is 298 g/mol. The van der Waals surface area contributed by atoms with Crippen LogP contribution in [0.25, 0.3) is 0 Å². The molecule has 126 valence electrons. The van der Waals surface area contributed by atoms with Crippen molar-refractivity contribution in [3.8, 4) is 0 Å². The van der Waals surface area contributed by atoms with Crippen LogP contribution in [0, 0.1) is 5.92 Å². The molecule has 0 aliphatic carbocycles. The van der Waals surface area contributed by atoms with Gasteiger partial charge in [-0.3, -0.25) is 4.98 Å². The molecule has 3 rings (SSSR count). The van der Waals surface area contributed by atoms with Gasteiger partial charge in [-0.1, -0.05) is 43.7 Å². The smallest absolute Gasteiger partial charge is 0.317 e. The summed E-state index contributed by atoms with van der Waals surface area (Å²) in [4.78, 5) is 18.2. The third-order valence-electron chi connectivity index (χ3n) is 4.83. The first-order valence-electron chi connectivity index (χ1n) is 8.73. The van der Waals surface area contributed by atoms with Crippen LogP contribution >= 0.6 is 0 Å². The first kappa shape index (κ1) is 16.5. The van der Waals surface area contributed by atoms with Gasteiger partial charge in [0.2, 0.25) is 0 Å². The Labute approximate surface area is 143 Å². The zero-order chi connectivity index (χ0) is 16.8. The third kappa shape index (κ3) is 4.13. The van der Waals surface area contributed by atoms with Crippen molar-refractivity contribution < 1.29 is 4.79 Å². The number of likely N-dealkylation sites (tertiary alicyclic amines) is 1. The summed E-state index contributed by atoms with van der Waals surface area (Å²) in [5.41, 5.74) is 2.60. The summed E-state index contributed by atoms with van der Waals surface area (Å²) in [6.07, 6.45) is 5.70. The molecule has 4 nitrogen and oxygen atoms in total. The SMILES string of the molecule is CC[C@H](CNC(=O)N1CC(c2ccncc2)C1)Cc1ccccc1. The summed E-state index contributed by atoms with van der Waals surface area (Å²) < 4.78 is 0. The van der Waals surface area contributed by atoms with Crippen LogP contribution in [0.15, 0.2) is 54.9 Å². The molecule has 1 aliphatic rings. The molecule has 2 aromatic rings. The molecule has 0 unspecified atom stereocenters. The molecule has 2 amide bonds. The zero-order valence-electron chi connectivity index (χ0n) is 14.2. The van der Waals surface area contributed by atoms with Crippen LogP contribution in [0.5, 0.6) is 0 Å². The fraction of sp³-hybridized carbons (Fsp3) is 0.400. The van der Waals surface area contributed by atoms with Crippen LogP contribution in [0.1, 0.15) is 30.4 Å². The molecule has 1 atom stereocenters. The number of carbonyl (C=O) groups excluding carboxylic acids is 1. The number of aromatic nitrogens is 1. The highest BCUT2D eigenvalue weighted by Crippen LogP contribution is 2.26. The summed E-state index contributed by atoms with van der Waals surface area (Å²) in [5, 5.41) is 3.10. The number of benzene rings is 1. The summed E-state index contributed by atoms with van der Waals surface area (Å²) >= 11 is 0. The average Bonchev–Trinajstić information content (AvgIpc) is 2.59. The molecule has 0 radical (unpaired) electrons. The van der Waals surface area contributed by atoms with Gasteiger partial charge in [0.05, 0.1) is 0 Å². The van der Waals surface area contributed by atoms with Crippen LogP contribution in [0.3, 0.4) is 0 Å². The molecule has 2 heterocycles. The summed E-state index contributed by atoms with van der Waals surface area (Å²) in [5.74, 6) is 0.929. The lowest BCUT2D eigenvalue weighted by atomic mass is 9.92. The van der Waals surface area contributed by atoms with Gasteiger partial charge in [0.1, 0.15) is 0 Å². The Kier molecular flexibility index (Phi) is 5.47. The Hall–Kier alpha value is -2.36. The van der Waals surface area contributed by atoms with E-state index >= 15 is 0 Å². The Morgan fingerprint density at radius 1 is 1.21 bits per heavy atom. The van der Waals surface area contributed by atoms with Gasteiger partial charge in [-0.2, -0.15) is 0 Å². The van der Waals surface area contributed by atoms with Gasteiger partial charge in [-0.05, 0) is 35.6 Å². The first-order chi connectivity index (χ1) is 11.8. The van der Waals surface area contributed by atoms with Crippen molar-refractivity contribution in [2.24, 2.45) is 5.92 Å². The maximum absolute atomic E-state index is 12.3. The zero-order valence-corrected chi connectivity index (χ0v) is 14.2. The van der Waals surface area contributed by atoms with Crippen LogP contribution in [0.4, 0.5) is 4.79 Å². The predicted molar refractivity (Wildman–Crippen MR) is 95.9 cm³/mol. The summed E-state index contributed by atoms with van der Waals surface area (Å²) in [6.45, 7) is 4.51. The van der Waals surface area contributed by atoms with Gasteiger partial charge >= 0.3 is 6.03 Å². The number of amides is 2. The molecule has 1 aromatic carbocycles. The Balaban J connectivity index is 1.42. The molecule has 1 fully saturated rings. The van der Waals surface area contributed by atoms with Gasteiger partial charge in [-0.15, -0.1) is 0 Å². The van der Waals surface area contributed by atoms with Gasteiger partial charge < -0.3 is 10.2 Å². The fourth-order valence-electron chi connectivity index (χ4n) is 3.14. The van der Waals surface area contributed by atoms with Crippen molar-refractivity contribution >= 4 is 6.03 Å². The van der Waals surface area contributed by atoms with Crippen LogP contribution < -0.4 is 5.32 Å². The number of rotatable bonds is 6. The van der Waals surface area contributed by atoms with E-state index in [0.29, 0.717) is 11.8 Å². The van der Waals surface area contributed by atoms with Gasteiger partial charge in [0.15, 0.2) is 0 Å². The number of hydrogen-bond donors (Lipinski definition) is 1. The molecule has 1 N–H and O–H groups in total. The second-order valence-corrected chi connectivity index (χ2v) is 6.53. The monoisotopic (exact) mass is 323 g/mol. The van der Waals surface area contributed by atoms with Crippen LogP contribution in [-0.4, -0.2) is 35.5 Å². The summed E-state index contributed by atoms with van der Waals surface area (Å²) in [6, 6.07) is 14.6. The van der Waals surface area contributed by atoms with Gasteiger partial charge in [0.25, 0.3) is 0 Å². The molecular formula is C20H25N3O. The molecule has 4 heteroatoms. The quantitative estimate of drug-likeness (QED) is 0.885. The third-order valence-corrected chi connectivity index (χ3v) is 4.83. The van der Waals surface area contributed by atoms with E-state index in [1.54, 1.807) is 0 Å². The van der Waals surface area contributed by atoms with E-state index in [0.717, 1.165) is 32.5 Å². The maximum atomic E-state index is 12.3. The van der Waals surface area contributed by atoms with Crippen molar-refractivity contribution in [1.29, 1.82) is 0 Å². The van der Waals surface area contributed by atoms with Crippen molar-refractivity contribution in [2.75, 3.05) is 19.6 Å². The van der Waals surface area contributed by atoms with Crippen molar-refractivity contribution in [3.05, 3.63) is 66.0 Å². The van der Waals surface area contributed by atoms with Crippen molar-refractivity contribution in [3.63, 3.8) is 0 Å². The Morgan fingerprint density at radius 2 is 1.92 bits per heavy atom. The average molecular weight is 323 g/mol. The molecule has 1 aromatic heterocycles. The molecule has 24 heavy (non-hydrogen) atoms. The van der Waals surface area contributed by atoms with E-state index in [1.807, 2.05) is 35.5 Å². The van der Waals surface area contributed by atoms with E-state index in [-0.39, 0.29) is 6.03 Å². The van der Waals surface area contributed by atoms with E-state index < -0.39 is 0 Å². The van der Waals surface area contributed by atoms with Gasteiger partial charge in [-0.25, -0.2) is 4.79 Å². The summed E-state index contributed by atoms with van der Waals surface area (Å²) in [7, 11) is 0. The largest absolute Gasteiger partial charge is 0.338 e. The molecule has 1 aliphatic heterocycles. The minimum Gasteiger partial charge on any atom is -0.338 e. The second-order valence-electron chi connectivity index (χ2n) is 6.53. The van der Waals surface area contributed by atoms with Gasteiger partial charge in [0, 0.05) is 37.9 Å². The molecule has 0 spiro atoms. The fourth-order valence-corrected chi connectivity index (χ4v) is 3.14. The van der Waals surface area contributed by atoms with Crippen molar-refractivity contribution in [2.45, 2.75) is 25.7 Å². The molecule has 0 saturated carbocycles. The van der Waals surface area contributed by atoms with Crippen LogP contribution in [-0.2, 0) is 6.42 Å². The number of hydrogen-bond acceptors (Lipinski definition) is 2. The predicted octanol–water partition coefficient (Wildman–Crippen LogP) is 3.46. The Morgan fingerprint density at radius 3 is 2.58 bits per heavy atom. The Bertz CT molecular complexity index is 638. The number of carbonyl (C=O) groups is 1. The highest BCUT2D eigenvalue weighted by atomic mass is 16.2. The molecule has 1 saturated heterocycles. The highest BCUT2D eigenvalue weighted by molar-refractivity contribution is 5.75. The van der Waals surface area contributed by atoms with E-state index in [2.05, 4.69) is 41.5 Å². The number of nitrogens with zero attached hydrogens (tertiary/aromatic N) is 2. The standard InChI is InChI=1S/C20H25N3O/c1-2-16(12-17-6-4-3-5-7-17)13-22-20(24)23-14-19(15-23)18-8-10-21-11-9-18/h3-11,16,19H,2,12-15H2,1H3,(H,22,24)/t16-/m0/s1. The minimum absolute atomic E-state index is 0.0619. The first-order valence-corrected chi connectivity index (χ1v) is 8.73. The molecule has 0 bridgehead atoms. The second kappa shape index (κ2) is 7.95. The number of pyridine rings is 1. The topological polar surface area (TPSA) is 45.2 Å². The van der Waals surface area contributed by atoms with E-state index in [1.165, 1.54) is 11.1 Å². The maximum Gasteiger partial charge on any atom is 0.317 e. The van der Waals surface area contributed by atoms with E-state index in [9.17, 15) is 4.79 Å². The van der Waals surface area contributed by atoms with E-state index in [4.69, 9.17) is 0 Å². The number of urea groups is 1. The highest BCUT2D eigenvalue weighted by Gasteiger charge is 2.31.